The second-order valence-corrected chi connectivity index (χ2v) is 3.98. The van der Waals surface area contributed by atoms with Crippen LogP contribution in [0.4, 0.5) is 4.39 Å². The molecular weight excluding hydrogens is 205 g/mol. The maximum absolute atomic E-state index is 13.1. The van der Waals surface area contributed by atoms with Gasteiger partial charge in [-0.05, 0) is 19.1 Å². The first-order valence-corrected chi connectivity index (χ1v) is 5.53. The van der Waals surface area contributed by atoms with Crippen LogP contribution >= 0.6 is 0 Å². The van der Waals surface area contributed by atoms with Gasteiger partial charge in [0.25, 0.3) is 0 Å². The van der Waals surface area contributed by atoms with Gasteiger partial charge in [0.15, 0.2) is 0 Å². The SMILES string of the molecule is CCn1c(C(C)CN)nc2cc(F)ccc21. The van der Waals surface area contributed by atoms with Crippen molar-refractivity contribution in [1.82, 2.24) is 9.55 Å². The third-order valence-corrected chi connectivity index (χ3v) is 2.85. The minimum absolute atomic E-state index is 0.190. The molecule has 0 fully saturated rings. The zero-order valence-electron chi connectivity index (χ0n) is 9.57. The van der Waals surface area contributed by atoms with E-state index in [1.165, 1.54) is 12.1 Å². The van der Waals surface area contributed by atoms with E-state index in [0.29, 0.717) is 12.1 Å². The molecule has 0 radical (unpaired) electrons. The van der Waals surface area contributed by atoms with Crippen LogP contribution in [0.3, 0.4) is 0 Å². The number of imidazole rings is 1. The predicted octanol–water partition coefficient (Wildman–Crippen LogP) is 2.26. The zero-order valence-corrected chi connectivity index (χ0v) is 9.57. The fraction of sp³-hybridized carbons (Fsp3) is 0.417. The topological polar surface area (TPSA) is 43.8 Å². The molecule has 1 unspecified atom stereocenters. The first-order valence-electron chi connectivity index (χ1n) is 5.53. The van der Waals surface area contributed by atoms with E-state index < -0.39 is 0 Å². The Morgan fingerprint density at radius 3 is 2.88 bits per heavy atom. The number of benzene rings is 1. The molecule has 2 aromatic rings. The largest absolute Gasteiger partial charge is 0.330 e. The Balaban J connectivity index is 2.65. The second kappa shape index (κ2) is 4.22. The number of hydrogen-bond acceptors (Lipinski definition) is 2. The van der Waals surface area contributed by atoms with Crippen molar-refractivity contribution in [3.8, 4) is 0 Å². The van der Waals surface area contributed by atoms with Gasteiger partial charge >= 0.3 is 0 Å². The summed E-state index contributed by atoms with van der Waals surface area (Å²) >= 11 is 0. The van der Waals surface area contributed by atoms with Crippen LogP contribution in [0, 0.1) is 5.82 Å². The maximum Gasteiger partial charge on any atom is 0.125 e. The van der Waals surface area contributed by atoms with Gasteiger partial charge in [0.05, 0.1) is 11.0 Å². The van der Waals surface area contributed by atoms with E-state index in [1.807, 2.05) is 6.92 Å². The molecule has 0 saturated carbocycles. The number of halogens is 1. The average Bonchev–Trinajstić information content (AvgIpc) is 2.65. The smallest absolute Gasteiger partial charge is 0.125 e. The summed E-state index contributed by atoms with van der Waals surface area (Å²) < 4.78 is 15.2. The van der Waals surface area contributed by atoms with E-state index >= 15 is 0 Å². The molecule has 0 amide bonds. The molecule has 0 saturated heterocycles. The summed E-state index contributed by atoms with van der Waals surface area (Å²) in [5, 5.41) is 0. The molecular formula is C12H16FN3. The molecule has 4 heteroatoms. The fourth-order valence-electron chi connectivity index (χ4n) is 1.94. The molecule has 16 heavy (non-hydrogen) atoms. The van der Waals surface area contributed by atoms with Crippen LogP contribution in [0.25, 0.3) is 11.0 Å². The van der Waals surface area contributed by atoms with Crippen molar-refractivity contribution < 1.29 is 4.39 Å². The van der Waals surface area contributed by atoms with Crippen LogP contribution in [-0.4, -0.2) is 16.1 Å². The van der Waals surface area contributed by atoms with Crippen LogP contribution in [0.15, 0.2) is 18.2 Å². The Bertz CT molecular complexity index is 504. The summed E-state index contributed by atoms with van der Waals surface area (Å²) in [7, 11) is 0. The molecule has 0 bridgehead atoms. The Morgan fingerprint density at radius 1 is 1.50 bits per heavy atom. The molecule has 86 valence electrons. The maximum atomic E-state index is 13.1. The van der Waals surface area contributed by atoms with Crippen LogP contribution in [0.2, 0.25) is 0 Å². The van der Waals surface area contributed by atoms with Gasteiger partial charge < -0.3 is 10.3 Å². The number of aryl methyl sites for hydroxylation is 1. The van der Waals surface area contributed by atoms with Gasteiger partial charge in [-0.25, -0.2) is 9.37 Å². The van der Waals surface area contributed by atoms with E-state index in [2.05, 4.69) is 16.5 Å². The van der Waals surface area contributed by atoms with Gasteiger partial charge in [-0.1, -0.05) is 6.92 Å². The van der Waals surface area contributed by atoms with Gasteiger partial charge in [0.2, 0.25) is 0 Å². The van der Waals surface area contributed by atoms with Crippen LogP contribution in [0.1, 0.15) is 25.6 Å². The number of fused-ring (bicyclic) bond motifs is 1. The lowest BCUT2D eigenvalue weighted by atomic mass is 10.2. The lowest BCUT2D eigenvalue weighted by molar-refractivity contribution is 0.629. The summed E-state index contributed by atoms with van der Waals surface area (Å²) in [6.45, 7) is 5.45. The first kappa shape index (κ1) is 11.1. The third kappa shape index (κ3) is 1.69. The normalized spacial score (nSPS) is 13.2. The Morgan fingerprint density at radius 2 is 2.25 bits per heavy atom. The highest BCUT2D eigenvalue weighted by Crippen LogP contribution is 2.22. The molecule has 1 atom stereocenters. The Hall–Kier alpha value is -1.42. The number of nitrogens with two attached hydrogens (primary N) is 1. The summed E-state index contributed by atoms with van der Waals surface area (Å²) in [6.07, 6.45) is 0. The van der Waals surface area contributed by atoms with E-state index in [9.17, 15) is 4.39 Å². The lowest BCUT2D eigenvalue weighted by Crippen LogP contribution is -2.14. The van der Waals surface area contributed by atoms with Gasteiger partial charge in [0.1, 0.15) is 11.6 Å². The number of rotatable bonds is 3. The molecule has 2 rings (SSSR count). The highest BCUT2D eigenvalue weighted by Gasteiger charge is 2.14. The van der Waals surface area contributed by atoms with E-state index in [1.54, 1.807) is 6.07 Å². The molecule has 1 aromatic carbocycles. The Kier molecular flexibility index (Phi) is 2.92. The highest BCUT2D eigenvalue weighted by molar-refractivity contribution is 5.76. The molecule has 1 heterocycles. The van der Waals surface area contributed by atoms with Crippen molar-refractivity contribution >= 4 is 11.0 Å². The number of hydrogen-bond donors (Lipinski definition) is 1. The second-order valence-electron chi connectivity index (χ2n) is 3.98. The van der Waals surface area contributed by atoms with Gasteiger partial charge in [-0.15, -0.1) is 0 Å². The van der Waals surface area contributed by atoms with Crippen molar-refractivity contribution in [3.63, 3.8) is 0 Å². The molecule has 0 spiro atoms. The summed E-state index contributed by atoms with van der Waals surface area (Å²) in [6, 6.07) is 4.70. The first-order chi connectivity index (χ1) is 7.67. The average molecular weight is 221 g/mol. The molecule has 0 aliphatic carbocycles. The van der Waals surface area contributed by atoms with Crippen molar-refractivity contribution in [2.75, 3.05) is 6.54 Å². The lowest BCUT2D eigenvalue weighted by Gasteiger charge is -2.10. The van der Waals surface area contributed by atoms with Crippen molar-refractivity contribution in [1.29, 1.82) is 0 Å². The standard InChI is InChI=1S/C12H16FN3/c1-3-16-11-5-4-9(13)6-10(11)15-12(16)8(2)7-14/h4-6,8H,3,7,14H2,1-2H3. The number of aromatic nitrogens is 2. The summed E-state index contributed by atoms with van der Waals surface area (Å²) in [5.74, 6) is 0.876. The minimum atomic E-state index is -0.250. The zero-order chi connectivity index (χ0) is 11.7. The summed E-state index contributed by atoms with van der Waals surface area (Å²) in [5.41, 5.74) is 7.33. The number of nitrogens with zero attached hydrogens (tertiary/aromatic N) is 2. The monoisotopic (exact) mass is 221 g/mol. The minimum Gasteiger partial charge on any atom is -0.330 e. The van der Waals surface area contributed by atoms with E-state index in [4.69, 9.17) is 5.73 Å². The predicted molar refractivity (Wildman–Crippen MR) is 62.8 cm³/mol. The van der Waals surface area contributed by atoms with Crippen LogP contribution in [-0.2, 0) is 6.54 Å². The molecule has 1 aromatic heterocycles. The van der Waals surface area contributed by atoms with Gasteiger partial charge in [-0.2, -0.15) is 0 Å². The summed E-state index contributed by atoms with van der Waals surface area (Å²) in [4.78, 5) is 4.46. The van der Waals surface area contributed by atoms with E-state index in [0.717, 1.165) is 17.9 Å². The quantitative estimate of drug-likeness (QED) is 0.864. The Labute approximate surface area is 94.1 Å². The van der Waals surface area contributed by atoms with Crippen LogP contribution in [0.5, 0.6) is 0 Å². The van der Waals surface area contributed by atoms with Crippen molar-refractivity contribution in [2.45, 2.75) is 26.3 Å². The highest BCUT2D eigenvalue weighted by atomic mass is 19.1. The fourth-order valence-corrected chi connectivity index (χ4v) is 1.94. The molecule has 0 aliphatic rings. The third-order valence-electron chi connectivity index (χ3n) is 2.85. The van der Waals surface area contributed by atoms with Crippen LogP contribution < -0.4 is 5.73 Å². The van der Waals surface area contributed by atoms with E-state index in [-0.39, 0.29) is 11.7 Å². The molecule has 3 nitrogen and oxygen atoms in total. The molecule has 0 aliphatic heterocycles. The van der Waals surface area contributed by atoms with Gasteiger partial charge in [-0.3, -0.25) is 0 Å². The van der Waals surface area contributed by atoms with Crippen molar-refractivity contribution in [3.05, 3.63) is 29.8 Å². The molecule has 2 N–H and O–H groups in total. The van der Waals surface area contributed by atoms with Crippen molar-refractivity contribution in [2.24, 2.45) is 5.73 Å². The van der Waals surface area contributed by atoms with Gasteiger partial charge in [0, 0.05) is 25.1 Å².